The molecule has 0 saturated carbocycles. The van der Waals surface area contributed by atoms with E-state index in [0.717, 1.165) is 12.1 Å². The smallest absolute Gasteiger partial charge is 0.338 e. The molecule has 2 rings (SSSR count). The maximum atomic E-state index is 13.7. The molecule has 20 heavy (non-hydrogen) atoms. The van der Waals surface area contributed by atoms with Gasteiger partial charge in [-0.15, -0.1) is 0 Å². The van der Waals surface area contributed by atoms with Crippen molar-refractivity contribution in [1.82, 2.24) is 0 Å². The third-order valence-electron chi connectivity index (χ3n) is 3.38. The third-order valence-corrected chi connectivity index (χ3v) is 3.38. The van der Waals surface area contributed by atoms with Gasteiger partial charge in [-0.25, -0.2) is 9.18 Å². The van der Waals surface area contributed by atoms with E-state index < -0.39 is 28.0 Å². The van der Waals surface area contributed by atoms with Gasteiger partial charge in [0, 0.05) is 37.7 Å². The number of aliphatic hydroxyl groups is 1. The number of carbonyl (C=O) groups is 1. The number of nitro groups is 1. The minimum atomic E-state index is -1.55. The molecule has 8 heteroatoms. The first-order valence-electron chi connectivity index (χ1n) is 6.01. The molecule has 0 aromatic heterocycles. The topological polar surface area (TPSA) is 104 Å². The summed E-state index contributed by atoms with van der Waals surface area (Å²) in [5.74, 6) is -2.57. The van der Waals surface area contributed by atoms with Crippen LogP contribution in [0.4, 0.5) is 15.8 Å². The van der Waals surface area contributed by atoms with E-state index in [2.05, 4.69) is 0 Å². The first kappa shape index (κ1) is 14.2. The van der Waals surface area contributed by atoms with Crippen LogP contribution >= 0.6 is 0 Å². The van der Waals surface area contributed by atoms with Crippen LogP contribution in [-0.2, 0) is 0 Å². The Morgan fingerprint density at radius 2 is 2.25 bits per heavy atom. The summed E-state index contributed by atoms with van der Waals surface area (Å²) in [5.41, 5.74) is -1.12. The number of aromatic carboxylic acids is 1. The lowest BCUT2D eigenvalue weighted by Crippen LogP contribution is -2.22. The highest BCUT2D eigenvalue weighted by molar-refractivity contribution is 5.90. The van der Waals surface area contributed by atoms with Crippen molar-refractivity contribution in [2.45, 2.75) is 6.42 Å². The van der Waals surface area contributed by atoms with Crippen molar-refractivity contribution in [2.75, 3.05) is 24.6 Å². The number of hydrogen-bond acceptors (Lipinski definition) is 5. The zero-order valence-electron chi connectivity index (χ0n) is 10.5. The van der Waals surface area contributed by atoms with E-state index >= 15 is 0 Å². The van der Waals surface area contributed by atoms with Crippen molar-refractivity contribution in [2.24, 2.45) is 5.92 Å². The molecule has 0 aliphatic carbocycles. The van der Waals surface area contributed by atoms with Crippen molar-refractivity contribution in [3.63, 3.8) is 0 Å². The Hall–Kier alpha value is -2.22. The fraction of sp³-hybridized carbons (Fsp3) is 0.417. The van der Waals surface area contributed by atoms with Crippen molar-refractivity contribution >= 4 is 17.3 Å². The molecule has 1 unspecified atom stereocenters. The molecule has 0 radical (unpaired) electrons. The molecule has 1 aliphatic heterocycles. The summed E-state index contributed by atoms with van der Waals surface area (Å²) in [7, 11) is 0. The number of anilines is 1. The average Bonchev–Trinajstić information content (AvgIpc) is 2.86. The van der Waals surface area contributed by atoms with E-state index in [1.807, 2.05) is 0 Å². The Kier molecular flexibility index (Phi) is 3.84. The van der Waals surface area contributed by atoms with E-state index in [4.69, 9.17) is 10.2 Å². The van der Waals surface area contributed by atoms with E-state index in [1.54, 1.807) is 4.90 Å². The fourth-order valence-electron chi connectivity index (χ4n) is 2.32. The second kappa shape index (κ2) is 5.41. The van der Waals surface area contributed by atoms with Crippen LogP contribution in [0.2, 0.25) is 0 Å². The molecule has 0 amide bonds. The van der Waals surface area contributed by atoms with Crippen LogP contribution in [-0.4, -0.2) is 40.8 Å². The summed E-state index contributed by atoms with van der Waals surface area (Å²) in [4.78, 5) is 22.7. The molecule has 1 aliphatic rings. The minimum absolute atomic E-state index is 0.0168. The van der Waals surface area contributed by atoms with Gasteiger partial charge in [0.15, 0.2) is 0 Å². The fourth-order valence-corrected chi connectivity index (χ4v) is 2.32. The summed E-state index contributed by atoms with van der Waals surface area (Å²) in [6, 6.07) is 1.61. The highest BCUT2D eigenvalue weighted by Gasteiger charge is 2.29. The van der Waals surface area contributed by atoms with Crippen LogP contribution in [0, 0.1) is 21.8 Å². The number of benzene rings is 1. The lowest BCUT2D eigenvalue weighted by molar-refractivity contribution is -0.384. The van der Waals surface area contributed by atoms with Gasteiger partial charge in [0.05, 0.1) is 4.92 Å². The van der Waals surface area contributed by atoms with Crippen LogP contribution in [0.15, 0.2) is 12.1 Å². The van der Waals surface area contributed by atoms with Crippen molar-refractivity contribution in [3.8, 4) is 0 Å². The van der Waals surface area contributed by atoms with Gasteiger partial charge in [-0.1, -0.05) is 0 Å². The van der Waals surface area contributed by atoms with E-state index in [1.165, 1.54) is 0 Å². The molecule has 1 atom stereocenters. The molecule has 7 nitrogen and oxygen atoms in total. The Labute approximate surface area is 113 Å². The van der Waals surface area contributed by atoms with Gasteiger partial charge in [0.2, 0.25) is 0 Å². The quantitative estimate of drug-likeness (QED) is 0.637. The average molecular weight is 284 g/mol. The van der Waals surface area contributed by atoms with Crippen LogP contribution in [0.5, 0.6) is 0 Å². The summed E-state index contributed by atoms with van der Waals surface area (Å²) in [6.45, 7) is 0.793. The molecule has 0 bridgehead atoms. The summed E-state index contributed by atoms with van der Waals surface area (Å²) >= 11 is 0. The van der Waals surface area contributed by atoms with Gasteiger partial charge in [-0.3, -0.25) is 10.1 Å². The number of nitro benzene ring substituents is 1. The van der Waals surface area contributed by atoms with Crippen molar-refractivity contribution < 1.29 is 24.3 Å². The lowest BCUT2D eigenvalue weighted by atomic mass is 10.1. The van der Waals surface area contributed by atoms with Crippen LogP contribution in [0.1, 0.15) is 16.8 Å². The maximum Gasteiger partial charge on any atom is 0.338 e. The molecule has 1 heterocycles. The van der Waals surface area contributed by atoms with Gasteiger partial charge in [-0.05, 0) is 6.42 Å². The second-order valence-corrected chi connectivity index (χ2v) is 4.67. The molecule has 108 valence electrons. The van der Waals surface area contributed by atoms with Crippen molar-refractivity contribution in [3.05, 3.63) is 33.6 Å². The van der Waals surface area contributed by atoms with Gasteiger partial charge in [0.25, 0.3) is 5.69 Å². The Balaban J connectivity index is 2.45. The van der Waals surface area contributed by atoms with Gasteiger partial charge < -0.3 is 15.1 Å². The molecule has 1 aromatic rings. The van der Waals surface area contributed by atoms with E-state index in [0.29, 0.717) is 19.5 Å². The molecule has 1 aromatic carbocycles. The number of hydrogen-bond donors (Lipinski definition) is 2. The monoisotopic (exact) mass is 284 g/mol. The van der Waals surface area contributed by atoms with Gasteiger partial charge in [-0.2, -0.15) is 0 Å². The normalized spacial score (nSPS) is 18.3. The highest BCUT2D eigenvalue weighted by atomic mass is 19.1. The number of aliphatic hydroxyl groups excluding tert-OH is 1. The second-order valence-electron chi connectivity index (χ2n) is 4.67. The Morgan fingerprint density at radius 1 is 1.55 bits per heavy atom. The third kappa shape index (κ3) is 2.55. The van der Waals surface area contributed by atoms with Gasteiger partial charge >= 0.3 is 5.97 Å². The molecular weight excluding hydrogens is 271 g/mol. The Morgan fingerprint density at radius 3 is 2.75 bits per heavy atom. The zero-order chi connectivity index (χ0) is 14.9. The first-order valence-corrected chi connectivity index (χ1v) is 6.01. The number of nitrogens with zero attached hydrogens (tertiary/aromatic N) is 2. The molecule has 0 spiro atoms. The molecule has 1 saturated heterocycles. The largest absolute Gasteiger partial charge is 0.478 e. The SMILES string of the molecule is O=C(O)c1cc([N+](=O)[O-])c(N2CCC(CO)C2)cc1F. The standard InChI is InChI=1S/C12H13FN2O5/c13-9-4-10(14-2-1-7(5-14)6-16)11(15(19)20)3-8(9)12(17)18/h3-4,7,16H,1-2,5-6H2,(H,17,18). The Bertz CT molecular complexity index is 563. The number of rotatable bonds is 4. The molecule has 2 N–H and O–H groups in total. The zero-order valence-corrected chi connectivity index (χ0v) is 10.5. The maximum absolute atomic E-state index is 13.7. The van der Waals surface area contributed by atoms with E-state index in [9.17, 15) is 19.3 Å². The predicted molar refractivity (Wildman–Crippen MR) is 67.4 cm³/mol. The number of carboxylic acids is 1. The lowest BCUT2D eigenvalue weighted by Gasteiger charge is -2.18. The van der Waals surface area contributed by atoms with Crippen molar-refractivity contribution in [1.29, 1.82) is 0 Å². The highest BCUT2D eigenvalue weighted by Crippen LogP contribution is 2.34. The van der Waals surface area contributed by atoms with Crippen LogP contribution in [0.3, 0.4) is 0 Å². The van der Waals surface area contributed by atoms with Crippen LogP contribution in [0.25, 0.3) is 0 Å². The summed E-state index contributed by atoms with van der Waals surface area (Å²) < 4.78 is 13.7. The molecular formula is C12H13FN2O5. The van der Waals surface area contributed by atoms with E-state index in [-0.39, 0.29) is 18.2 Å². The summed E-state index contributed by atoms with van der Waals surface area (Å²) in [5, 5.41) is 28.9. The summed E-state index contributed by atoms with van der Waals surface area (Å²) in [6.07, 6.45) is 0.649. The minimum Gasteiger partial charge on any atom is -0.478 e. The van der Waals surface area contributed by atoms with Gasteiger partial charge in [0.1, 0.15) is 17.1 Å². The predicted octanol–water partition coefficient (Wildman–Crippen LogP) is 1.25. The number of carboxylic acid groups (broad SMARTS) is 1. The first-order chi connectivity index (χ1) is 9.43. The molecule has 1 fully saturated rings. The number of halogens is 1. The van der Waals surface area contributed by atoms with Crippen LogP contribution < -0.4 is 4.90 Å².